The van der Waals surface area contributed by atoms with Crippen molar-refractivity contribution >= 4 is 28.6 Å². The maximum atomic E-state index is 12.8. The van der Waals surface area contributed by atoms with Crippen LogP contribution in [0.25, 0.3) is 10.9 Å². The fourth-order valence-corrected chi connectivity index (χ4v) is 4.80. The zero-order valence-corrected chi connectivity index (χ0v) is 19.3. The van der Waals surface area contributed by atoms with E-state index in [0.29, 0.717) is 18.8 Å². The van der Waals surface area contributed by atoms with Crippen LogP contribution in [0.1, 0.15) is 18.3 Å². The molecule has 33 heavy (non-hydrogen) atoms. The van der Waals surface area contributed by atoms with Crippen molar-refractivity contribution in [1.82, 2.24) is 20.2 Å². The molecule has 3 aromatic rings. The maximum Gasteiger partial charge on any atom is 0.233 e. The first-order valence-electron chi connectivity index (χ1n) is 11.0. The molecule has 2 aromatic carbocycles. The lowest BCUT2D eigenvalue weighted by atomic mass is 10.2. The van der Waals surface area contributed by atoms with Crippen LogP contribution in [0, 0.1) is 0 Å². The van der Waals surface area contributed by atoms with E-state index in [1.54, 1.807) is 0 Å². The van der Waals surface area contributed by atoms with Gasteiger partial charge in [-0.2, -0.15) is 0 Å². The summed E-state index contributed by atoms with van der Waals surface area (Å²) in [6.45, 7) is 6.44. The summed E-state index contributed by atoms with van der Waals surface area (Å²) in [5.41, 5.74) is 1.86. The molecular formula is C24H26N4O4S. The number of hydrogen-bond acceptors (Lipinski definition) is 8. The second-order valence-electron chi connectivity index (χ2n) is 8.02. The quantitative estimate of drug-likeness (QED) is 0.420. The van der Waals surface area contributed by atoms with Gasteiger partial charge in [-0.05, 0) is 30.7 Å². The summed E-state index contributed by atoms with van der Waals surface area (Å²) in [5.74, 6) is 2.17. The van der Waals surface area contributed by atoms with Crippen molar-refractivity contribution in [2.24, 2.45) is 0 Å². The molecule has 1 atom stereocenters. The lowest BCUT2D eigenvalue weighted by Crippen LogP contribution is -2.36. The average Bonchev–Trinajstić information content (AvgIpc) is 3.31. The van der Waals surface area contributed by atoms with Crippen LogP contribution in [0.5, 0.6) is 11.5 Å². The molecule has 0 radical (unpaired) electrons. The molecule has 2 aliphatic rings. The van der Waals surface area contributed by atoms with Gasteiger partial charge in [0.05, 0.1) is 30.5 Å². The Balaban J connectivity index is 1.27. The minimum absolute atomic E-state index is 0.0462. The summed E-state index contributed by atoms with van der Waals surface area (Å²) in [6, 6.07) is 13.6. The second-order valence-corrected chi connectivity index (χ2v) is 9.35. The Morgan fingerprint density at radius 2 is 1.94 bits per heavy atom. The van der Waals surface area contributed by atoms with Gasteiger partial charge in [0.1, 0.15) is 10.9 Å². The molecule has 0 bridgehead atoms. The van der Waals surface area contributed by atoms with E-state index in [2.05, 4.69) is 10.2 Å². The molecule has 0 unspecified atom stereocenters. The van der Waals surface area contributed by atoms with Gasteiger partial charge < -0.3 is 19.5 Å². The third-order valence-electron chi connectivity index (χ3n) is 5.64. The molecule has 1 fully saturated rings. The highest BCUT2D eigenvalue weighted by Gasteiger charge is 2.20. The highest BCUT2D eigenvalue weighted by atomic mass is 32.2. The number of hydrogen-bond donors (Lipinski definition) is 1. The molecule has 1 aromatic heterocycles. The van der Waals surface area contributed by atoms with E-state index in [1.165, 1.54) is 11.8 Å². The smallest absolute Gasteiger partial charge is 0.233 e. The van der Waals surface area contributed by atoms with Gasteiger partial charge in [0.2, 0.25) is 12.7 Å². The molecule has 3 heterocycles. The van der Waals surface area contributed by atoms with E-state index in [9.17, 15) is 4.79 Å². The fourth-order valence-electron chi connectivity index (χ4n) is 3.82. The predicted molar refractivity (Wildman–Crippen MR) is 125 cm³/mol. The minimum atomic E-state index is -0.312. The number of fused-ring (bicyclic) bond motifs is 2. The first kappa shape index (κ1) is 21.9. The summed E-state index contributed by atoms with van der Waals surface area (Å²) in [4.78, 5) is 24.7. The van der Waals surface area contributed by atoms with Crippen molar-refractivity contribution in [1.29, 1.82) is 0 Å². The standard InChI is InChI=1S/C24H26N4O4S/c1-16(23(29)25-13-17-6-7-20-21(12-17)32-15-31-20)33-24-18-4-2-3-5-19(18)26-22(27-24)14-28-8-10-30-11-9-28/h2-7,12,16H,8-11,13-15H2,1H3,(H,25,29)/t16-/m1/s1. The molecule has 1 saturated heterocycles. The number of morpholine rings is 1. The van der Waals surface area contributed by atoms with Crippen LogP contribution in [-0.4, -0.2) is 59.1 Å². The number of rotatable bonds is 7. The molecule has 8 nitrogen and oxygen atoms in total. The lowest BCUT2D eigenvalue weighted by molar-refractivity contribution is -0.120. The van der Waals surface area contributed by atoms with Crippen molar-refractivity contribution in [2.45, 2.75) is 30.3 Å². The SMILES string of the molecule is C[C@@H](Sc1nc(CN2CCOCC2)nc2ccccc12)C(=O)NCc1ccc2c(c1)OCO2. The van der Waals surface area contributed by atoms with E-state index in [4.69, 9.17) is 24.2 Å². The molecule has 0 spiro atoms. The number of nitrogens with zero attached hydrogens (tertiary/aromatic N) is 3. The summed E-state index contributed by atoms with van der Waals surface area (Å²) >= 11 is 1.46. The normalized spacial score (nSPS) is 16.6. The summed E-state index contributed by atoms with van der Waals surface area (Å²) in [6.07, 6.45) is 0. The number of thioether (sulfide) groups is 1. The number of carbonyl (C=O) groups excluding carboxylic acids is 1. The van der Waals surface area contributed by atoms with Crippen molar-refractivity contribution in [3.63, 3.8) is 0 Å². The van der Waals surface area contributed by atoms with E-state index in [1.807, 2.05) is 49.4 Å². The number of aromatic nitrogens is 2. The van der Waals surface area contributed by atoms with Gasteiger partial charge in [0.25, 0.3) is 0 Å². The number of benzene rings is 2. The maximum absolute atomic E-state index is 12.8. The van der Waals surface area contributed by atoms with Crippen LogP contribution in [0.2, 0.25) is 0 Å². The van der Waals surface area contributed by atoms with E-state index in [-0.39, 0.29) is 18.0 Å². The van der Waals surface area contributed by atoms with Crippen molar-refractivity contribution in [3.05, 3.63) is 53.9 Å². The molecular weight excluding hydrogens is 440 g/mol. The number of nitrogens with one attached hydrogen (secondary N) is 1. The zero-order chi connectivity index (χ0) is 22.6. The van der Waals surface area contributed by atoms with Crippen molar-refractivity contribution in [2.75, 3.05) is 33.1 Å². The lowest BCUT2D eigenvalue weighted by Gasteiger charge is -2.26. The first-order valence-corrected chi connectivity index (χ1v) is 11.9. The summed E-state index contributed by atoms with van der Waals surface area (Å²) < 4.78 is 16.2. The van der Waals surface area contributed by atoms with Gasteiger partial charge >= 0.3 is 0 Å². The zero-order valence-electron chi connectivity index (χ0n) is 18.5. The van der Waals surface area contributed by atoms with Crippen LogP contribution >= 0.6 is 11.8 Å². The number of para-hydroxylation sites is 1. The van der Waals surface area contributed by atoms with Gasteiger partial charge in [0, 0.05) is 25.0 Å². The van der Waals surface area contributed by atoms with Gasteiger partial charge in [-0.3, -0.25) is 9.69 Å². The van der Waals surface area contributed by atoms with Gasteiger partial charge in [-0.15, -0.1) is 0 Å². The van der Waals surface area contributed by atoms with Gasteiger partial charge in [-0.1, -0.05) is 36.0 Å². The predicted octanol–water partition coefficient (Wildman–Crippen LogP) is 2.99. The summed E-state index contributed by atoms with van der Waals surface area (Å²) in [7, 11) is 0. The van der Waals surface area contributed by atoms with Crippen molar-refractivity contribution < 1.29 is 19.0 Å². The first-order chi connectivity index (χ1) is 16.2. The molecule has 0 aliphatic carbocycles. The number of ether oxygens (including phenoxy) is 3. The van der Waals surface area contributed by atoms with Crippen LogP contribution in [0.15, 0.2) is 47.5 Å². The number of carbonyl (C=O) groups is 1. The van der Waals surface area contributed by atoms with E-state index < -0.39 is 0 Å². The Bertz CT molecular complexity index is 1150. The Morgan fingerprint density at radius 1 is 1.12 bits per heavy atom. The monoisotopic (exact) mass is 466 g/mol. The molecule has 0 saturated carbocycles. The number of amides is 1. The van der Waals surface area contributed by atoms with Crippen LogP contribution < -0.4 is 14.8 Å². The molecule has 9 heteroatoms. The topological polar surface area (TPSA) is 85.8 Å². The fraction of sp³-hybridized carbons (Fsp3) is 0.375. The Morgan fingerprint density at radius 3 is 2.82 bits per heavy atom. The Hall–Kier alpha value is -2.88. The average molecular weight is 467 g/mol. The largest absolute Gasteiger partial charge is 0.454 e. The van der Waals surface area contributed by atoms with Crippen LogP contribution in [0.3, 0.4) is 0 Å². The van der Waals surface area contributed by atoms with E-state index in [0.717, 1.165) is 59.4 Å². The third kappa shape index (κ3) is 5.21. The molecule has 172 valence electrons. The molecule has 2 aliphatic heterocycles. The van der Waals surface area contributed by atoms with Crippen LogP contribution in [-0.2, 0) is 22.6 Å². The molecule has 1 N–H and O–H groups in total. The van der Waals surface area contributed by atoms with Gasteiger partial charge in [-0.25, -0.2) is 9.97 Å². The molecule has 5 rings (SSSR count). The Labute approximate surface area is 196 Å². The third-order valence-corrected chi connectivity index (χ3v) is 6.75. The van der Waals surface area contributed by atoms with E-state index >= 15 is 0 Å². The minimum Gasteiger partial charge on any atom is -0.454 e. The summed E-state index contributed by atoms with van der Waals surface area (Å²) in [5, 5.41) is 4.50. The Kier molecular flexibility index (Phi) is 6.61. The van der Waals surface area contributed by atoms with Crippen LogP contribution in [0.4, 0.5) is 0 Å². The van der Waals surface area contributed by atoms with Gasteiger partial charge in [0.15, 0.2) is 11.5 Å². The highest BCUT2D eigenvalue weighted by molar-refractivity contribution is 8.00. The highest BCUT2D eigenvalue weighted by Crippen LogP contribution is 2.33. The van der Waals surface area contributed by atoms with Crippen molar-refractivity contribution in [3.8, 4) is 11.5 Å². The molecule has 1 amide bonds. The second kappa shape index (κ2) is 9.94.